The summed E-state index contributed by atoms with van der Waals surface area (Å²) in [6.45, 7) is 2.31. The molecule has 0 N–H and O–H groups in total. The molecule has 0 radical (unpaired) electrons. The van der Waals surface area contributed by atoms with Gasteiger partial charge in [-0.25, -0.2) is 10.0 Å². The third-order valence-corrected chi connectivity index (χ3v) is 11.0. The van der Waals surface area contributed by atoms with Crippen molar-refractivity contribution in [2.75, 3.05) is 57.2 Å². The molecule has 0 unspecified atom stereocenters. The summed E-state index contributed by atoms with van der Waals surface area (Å²) >= 11 is 1.82. The fourth-order valence-corrected chi connectivity index (χ4v) is 9.73. The van der Waals surface area contributed by atoms with Crippen molar-refractivity contribution in [3.63, 3.8) is 0 Å². The molecule has 1 aromatic heterocycles. The molecule has 3 fully saturated rings. The van der Waals surface area contributed by atoms with Crippen molar-refractivity contribution < 1.29 is 23.8 Å². The van der Waals surface area contributed by atoms with Gasteiger partial charge in [0.2, 0.25) is 0 Å². The molecule has 3 aromatic rings. The number of ether oxygens (including phenoxy) is 3. The number of fused-ring (bicyclic) bond motifs is 6. The fraction of sp³-hybridized carbons (Fsp3) is 0.406. The van der Waals surface area contributed by atoms with Crippen LogP contribution in [0.3, 0.4) is 0 Å². The number of amides is 1. The van der Waals surface area contributed by atoms with E-state index in [0.717, 1.165) is 28.3 Å². The number of Topliss-reactive ketones (excluding diaryl/α,β-unsaturated/α-hetero) is 1. The minimum Gasteiger partial charge on any atom is -0.493 e. The average Bonchev–Trinajstić information content (AvgIpc) is 3.74. The molecule has 1 amide bonds. The van der Waals surface area contributed by atoms with Crippen LogP contribution in [0.4, 0.5) is 5.69 Å². The largest absolute Gasteiger partial charge is 0.493 e. The zero-order chi connectivity index (χ0) is 28.6. The van der Waals surface area contributed by atoms with Gasteiger partial charge in [-0.2, -0.15) is 0 Å². The monoisotopic (exact) mass is 584 g/mol. The number of anilines is 1. The third kappa shape index (κ3) is 3.13. The Bertz CT molecular complexity index is 1600. The van der Waals surface area contributed by atoms with Crippen molar-refractivity contribution in [1.82, 2.24) is 14.9 Å². The molecule has 10 heteroatoms. The van der Waals surface area contributed by atoms with E-state index in [-0.39, 0.29) is 23.7 Å². The Morgan fingerprint density at radius 3 is 2.52 bits per heavy atom. The summed E-state index contributed by atoms with van der Waals surface area (Å²) in [5.41, 5.74) is 1.73. The number of hydrogen-bond donors (Lipinski definition) is 0. The van der Waals surface area contributed by atoms with Crippen LogP contribution in [0, 0.1) is 5.41 Å². The van der Waals surface area contributed by atoms with E-state index in [1.54, 1.807) is 26.5 Å². The summed E-state index contributed by atoms with van der Waals surface area (Å²) in [5, 5.41) is 3.95. The second kappa shape index (κ2) is 9.54. The van der Waals surface area contributed by atoms with E-state index in [2.05, 4.69) is 16.0 Å². The third-order valence-electron chi connectivity index (χ3n) is 9.94. The van der Waals surface area contributed by atoms with Crippen LogP contribution in [-0.4, -0.2) is 84.8 Å². The van der Waals surface area contributed by atoms with E-state index in [9.17, 15) is 0 Å². The van der Waals surface area contributed by atoms with Gasteiger partial charge < -0.3 is 14.2 Å². The molecule has 3 saturated heterocycles. The van der Waals surface area contributed by atoms with Gasteiger partial charge in [0, 0.05) is 59.7 Å². The standard InChI is InChI=1S/C32H32N4O5S/c1-39-26-15-20-17-31(29(37)21(20)16-27(26)40-2)28(23-8-5-6-10-33-23)25-18-42-19-35(25)32(31)22-7-3-4-9-24(22)36(30(32)38)34-11-13-41-14-12-34/h3-10,15-16,25,28H,11-14,17-19H2,1-2H3/t25-,28-,31-,32-/m0/s1. The molecular weight excluding hydrogens is 552 g/mol. The highest BCUT2D eigenvalue weighted by Gasteiger charge is 2.80. The summed E-state index contributed by atoms with van der Waals surface area (Å²) in [7, 11) is 3.19. The van der Waals surface area contributed by atoms with Crippen molar-refractivity contribution in [2.24, 2.45) is 5.41 Å². The lowest BCUT2D eigenvalue weighted by molar-refractivity contribution is -0.137. The van der Waals surface area contributed by atoms with Gasteiger partial charge in [-0.05, 0) is 42.3 Å². The van der Waals surface area contributed by atoms with Gasteiger partial charge in [0.1, 0.15) is 5.54 Å². The number of aromatic nitrogens is 1. The van der Waals surface area contributed by atoms with Gasteiger partial charge in [0.05, 0.1) is 38.5 Å². The molecule has 42 heavy (non-hydrogen) atoms. The zero-order valence-corrected chi connectivity index (χ0v) is 24.4. The minimum atomic E-state index is -1.21. The van der Waals surface area contributed by atoms with Crippen molar-refractivity contribution in [3.8, 4) is 11.5 Å². The molecule has 4 atom stereocenters. The maximum Gasteiger partial charge on any atom is 0.267 e. The van der Waals surface area contributed by atoms with Crippen LogP contribution in [0.15, 0.2) is 60.8 Å². The Morgan fingerprint density at radius 1 is 1.00 bits per heavy atom. The highest BCUT2D eigenvalue weighted by Crippen LogP contribution is 2.71. The number of benzene rings is 2. The Balaban J connectivity index is 1.43. The molecule has 9 nitrogen and oxygen atoms in total. The number of rotatable bonds is 4. The number of carbonyl (C=O) groups is 2. The van der Waals surface area contributed by atoms with E-state index in [1.165, 1.54) is 0 Å². The van der Waals surface area contributed by atoms with Gasteiger partial charge >= 0.3 is 0 Å². The van der Waals surface area contributed by atoms with Crippen molar-refractivity contribution in [1.29, 1.82) is 0 Å². The molecule has 5 aliphatic rings. The smallest absolute Gasteiger partial charge is 0.267 e. The van der Waals surface area contributed by atoms with Crippen LogP contribution < -0.4 is 14.5 Å². The van der Waals surface area contributed by atoms with E-state index >= 15 is 9.59 Å². The Hall–Kier alpha value is -3.44. The van der Waals surface area contributed by atoms with E-state index in [4.69, 9.17) is 19.2 Å². The number of para-hydroxylation sites is 1. The number of ketones is 1. The van der Waals surface area contributed by atoms with Crippen molar-refractivity contribution in [3.05, 3.63) is 83.2 Å². The van der Waals surface area contributed by atoms with Crippen LogP contribution in [-0.2, 0) is 21.5 Å². The normalized spacial score (nSPS) is 30.3. The lowest BCUT2D eigenvalue weighted by Crippen LogP contribution is -2.63. The van der Waals surface area contributed by atoms with Crippen LogP contribution >= 0.6 is 11.8 Å². The van der Waals surface area contributed by atoms with Gasteiger partial charge in [-0.3, -0.25) is 19.5 Å². The van der Waals surface area contributed by atoms with Gasteiger partial charge in [-0.15, -0.1) is 11.8 Å². The molecule has 4 aliphatic heterocycles. The predicted molar refractivity (Wildman–Crippen MR) is 158 cm³/mol. The van der Waals surface area contributed by atoms with Gasteiger partial charge in [0.25, 0.3) is 5.91 Å². The highest BCUT2D eigenvalue weighted by molar-refractivity contribution is 7.99. The van der Waals surface area contributed by atoms with Crippen LogP contribution in [0.25, 0.3) is 0 Å². The topological polar surface area (TPSA) is 84.4 Å². The minimum absolute atomic E-state index is 0.0273. The van der Waals surface area contributed by atoms with Crippen molar-refractivity contribution in [2.45, 2.75) is 23.9 Å². The molecule has 8 rings (SSSR count). The van der Waals surface area contributed by atoms with E-state index in [0.29, 0.717) is 55.7 Å². The molecular formula is C32H32N4O5S. The van der Waals surface area contributed by atoms with Crippen LogP contribution in [0.5, 0.6) is 11.5 Å². The van der Waals surface area contributed by atoms with E-state index < -0.39 is 11.0 Å². The SMILES string of the molecule is COc1cc2c(cc1OC)C(=O)[C@]1(C2)[C@@H](c2ccccn2)[C@@H]2CSCN2[C@@]12C(=O)N(N1CCOCC1)c1ccccc12. The molecule has 5 heterocycles. The molecule has 216 valence electrons. The molecule has 1 aliphatic carbocycles. The second-order valence-corrected chi connectivity index (χ2v) is 12.5. The first-order valence-electron chi connectivity index (χ1n) is 14.4. The lowest BCUT2D eigenvalue weighted by atomic mass is 9.58. The Morgan fingerprint density at radius 2 is 1.76 bits per heavy atom. The molecule has 0 saturated carbocycles. The van der Waals surface area contributed by atoms with E-state index in [1.807, 2.05) is 59.2 Å². The summed E-state index contributed by atoms with van der Waals surface area (Å²) < 4.78 is 17.0. The first-order chi connectivity index (χ1) is 20.6. The van der Waals surface area contributed by atoms with Crippen LogP contribution in [0.1, 0.15) is 33.1 Å². The molecule has 2 aromatic carbocycles. The number of hydrogen-bond acceptors (Lipinski definition) is 9. The maximum absolute atomic E-state index is 15.5. The average molecular weight is 585 g/mol. The summed E-state index contributed by atoms with van der Waals surface area (Å²) in [5.74, 6) is 2.17. The number of hydrazine groups is 1. The number of morpholine rings is 1. The number of thioether (sulfide) groups is 1. The Labute approximate surface area is 248 Å². The molecule has 0 bridgehead atoms. The predicted octanol–water partition coefficient (Wildman–Crippen LogP) is 3.49. The van der Waals surface area contributed by atoms with Crippen LogP contribution in [0.2, 0.25) is 0 Å². The first-order valence-corrected chi connectivity index (χ1v) is 15.5. The van der Waals surface area contributed by atoms with Crippen molar-refractivity contribution >= 4 is 29.1 Å². The van der Waals surface area contributed by atoms with Gasteiger partial charge in [-0.1, -0.05) is 24.3 Å². The quantitative estimate of drug-likeness (QED) is 0.458. The second-order valence-electron chi connectivity index (χ2n) is 11.5. The highest BCUT2D eigenvalue weighted by atomic mass is 32.2. The Kier molecular flexibility index (Phi) is 5.95. The maximum atomic E-state index is 15.5. The van der Waals surface area contributed by atoms with Gasteiger partial charge in [0.15, 0.2) is 17.3 Å². The molecule has 2 spiro atoms. The summed E-state index contributed by atoms with van der Waals surface area (Å²) in [4.78, 5) is 38.0. The summed E-state index contributed by atoms with van der Waals surface area (Å²) in [6.07, 6.45) is 2.20. The first kappa shape index (κ1) is 26.2. The number of nitrogens with zero attached hydrogens (tertiary/aromatic N) is 4. The number of carbonyl (C=O) groups excluding carboxylic acids is 2. The lowest BCUT2D eigenvalue weighted by Gasteiger charge is -2.45. The number of methoxy groups -OCH3 is 2. The fourth-order valence-electron chi connectivity index (χ4n) is 8.43. The summed E-state index contributed by atoms with van der Waals surface area (Å²) in [6, 6.07) is 17.6. The number of pyridine rings is 1. The zero-order valence-electron chi connectivity index (χ0n) is 23.6.